The van der Waals surface area contributed by atoms with E-state index in [4.69, 9.17) is 19.2 Å². The molecule has 0 spiro atoms. The minimum Gasteiger partial charge on any atom is -0.444 e. The number of ether oxygens (including phenoxy) is 2. The number of methoxy groups -OCH3 is 1. The summed E-state index contributed by atoms with van der Waals surface area (Å²) < 4.78 is 17.9. The lowest BCUT2D eigenvalue weighted by Gasteiger charge is -2.54. The lowest BCUT2D eigenvalue weighted by atomic mass is 9.71. The molecule has 0 atom stereocenters. The van der Waals surface area contributed by atoms with Gasteiger partial charge in [-0.1, -0.05) is 0 Å². The molecule has 1 saturated carbocycles. The minimum absolute atomic E-state index is 0.0488. The van der Waals surface area contributed by atoms with Crippen molar-refractivity contribution >= 4 is 32.7 Å². The third kappa shape index (κ3) is 3.64. The number of furan rings is 1. The molecule has 2 aromatic heterocycles. The summed E-state index contributed by atoms with van der Waals surface area (Å²) in [6.45, 7) is 3.26. The number of nitrogens with one attached hydrogen (secondary N) is 1. The highest BCUT2D eigenvalue weighted by atomic mass is 79.9. The Morgan fingerprint density at radius 2 is 2.18 bits per heavy atom. The van der Waals surface area contributed by atoms with Crippen LogP contribution in [-0.4, -0.2) is 61.5 Å². The maximum absolute atomic E-state index is 9.06. The van der Waals surface area contributed by atoms with Crippen molar-refractivity contribution in [3.63, 3.8) is 0 Å². The second-order valence-electron chi connectivity index (χ2n) is 8.03. The highest BCUT2D eigenvalue weighted by Crippen LogP contribution is 2.46. The van der Waals surface area contributed by atoms with E-state index in [-0.39, 0.29) is 16.9 Å². The quantitative estimate of drug-likeness (QED) is 0.693. The number of likely N-dealkylation sites (N-methyl/N-ethyl adjacent to an activating group) is 1. The molecule has 4 heterocycles. The van der Waals surface area contributed by atoms with Crippen molar-refractivity contribution in [2.24, 2.45) is 0 Å². The van der Waals surface area contributed by atoms with Gasteiger partial charge in [-0.3, -0.25) is 0 Å². The molecule has 0 aromatic carbocycles. The topological polar surface area (TPSA) is 83.5 Å². The fraction of sp³-hybridized carbons (Fsp3) is 0.600. The first-order valence-electron chi connectivity index (χ1n) is 9.56. The van der Waals surface area contributed by atoms with Crippen LogP contribution in [0.25, 0.3) is 11.0 Å². The number of pyridine rings is 1. The number of fused-ring (bicyclic) bond motifs is 4. The first kappa shape index (κ1) is 19.6. The number of aromatic nitrogens is 1. The summed E-state index contributed by atoms with van der Waals surface area (Å²) in [6, 6.07) is 3.77. The minimum atomic E-state index is -0.0994. The molecule has 3 fully saturated rings. The molecule has 8 heteroatoms. The summed E-state index contributed by atoms with van der Waals surface area (Å²) >= 11 is 3.63. The molecule has 2 bridgehead atoms. The third-order valence-corrected chi connectivity index (χ3v) is 6.82. The Morgan fingerprint density at radius 1 is 1.39 bits per heavy atom. The van der Waals surface area contributed by atoms with Crippen LogP contribution in [0.4, 0.5) is 5.82 Å². The van der Waals surface area contributed by atoms with Crippen LogP contribution in [0.1, 0.15) is 31.4 Å². The van der Waals surface area contributed by atoms with Crippen molar-refractivity contribution < 1.29 is 13.9 Å². The van der Waals surface area contributed by atoms with Crippen LogP contribution in [0.3, 0.4) is 0 Å². The Kier molecular flexibility index (Phi) is 5.36. The predicted octanol–water partition coefficient (Wildman–Crippen LogP) is 3.53. The average Bonchev–Trinajstić information content (AvgIpc) is 3.14. The Hall–Kier alpha value is -1.66. The molecule has 150 valence electrons. The molecule has 1 aliphatic carbocycles. The molecular weight excluding hydrogens is 424 g/mol. The van der Waals surface area contributed by atoms with E-state index in [1.165, 1.54) is 0 Å². The zero-order valence-corrected chi connectivity index (χ0v) is 17.8. The van der Waals surface area contributed by atoms with E-state index in [9.17, 15) is 0 Å². The molecule has 2 saturated heterocycles. The highest BCUT2D eigenvalue weighted by molar-refractivity contribution is 9.10. The first-order chi connectivity index (χ1) is 13.5. The van der Waals surface area contributed by atoms with Gasteiger partial charge in [-0.05, 0) is 48.7 Å². The van der Waals surface area contributed by atoms with Crippen LogP contribution < -0.4 is 5.32 Å². The van der Waals surface area contributed by atoms with Gasteiger partial charge in [0.15, 0.2) is 5.58 Å². The summed E-state index contributed by atoms with van der Waals surface area (Å²) in [6.07, 6.45) is 5.82. The summed E-state index contributed by atoms with van der Waals surface area (Å²) in [5.74, 6) is 1.06. The van der Waals surface area contributed by atoms with Gasteiger partial charge in [0.1, 0.15) is 11.9 Å². The third-order valence-electron chi connectivity index (χ3n) is 6.02. The highest BCUT2D eigenvalue weighted by Gasteiger charge is 2.50. The van der Waals surface area contributed by atoms with Crippen molar-refractivity contribution in [2.75, 3.05) is 45.8 Å². The second kappa shape index (κ2) is 7.64. The van der Waals surface area contributed by atoms with Crippen LogP contribution in [0.15, 0.2) is 21.2 Å². The monoisotopic (exact) mass is 448 g/mol. The van der Waals surface area contributed by atoms with E-state index in [2.05, 4.69) is 38.2 Å². The fourth-order valence-electron chi connectivity index (χ4n) is 4.32. The van der Waals surface area contributed by atoms with E-state index in [1.54, 1.807) is 19.4 Å². The number of hydrogen-bond acceptors (Lipinski definition) is 7. The number of nitrogens with zero attached hydrogens (tertiary/aromatic N) is 3. The van der Waals surface area contributed by atoms with Gasteiger partial charge in [0.05, 0.1) is 35.0 Å². The predicted molar refractivity (Wildman–Crippen MR) is 109 cm³/mol. The van der Waals surface area contributed by atoms with Crippen molar-refractivity contribution in [1.82, 2.24) is 9.88 Å². The van der Waals surface area contributed by atoms with Crippen molar-refractivity contribution in [2.45, 2.75) is 36.8 Å². The largest absolute Gasteiger partial charge is 0.444 e. The van der Waals surface area contributed by atoms with Gasteiger partial charge in [-0.25, -0.2) is 4.98 Å². The average molecular weight is 449 g/mol. The summed E-state index contributed by atoms with van der Waals surface area (Å²) in [5, 5.41) is 13.5. The maximum Gasteiger partial charge on any atom is 0.204 e. The molecule has 0 radical (unpaired) electrons. The smallest absolute Gasteiger partial charge is 0.204 e. The van der Waals surface area contributed by atoms with Gasteiger partial charge in [0.25, 0.3) is 0 Å². The van der Waals surface area contributed by atoms with Gasteiger partial charge in [0, 0.05) is 31.7 Å². The molecule has 1 N–H and O–H groups in total. The first-order valence-corrected chi connectivity index (χ1v) is 10.4. The molecule has 5 rings (SSSR count). The van der Waals surface area contributed by atoms with Crippen molar-refractivity contribution in [3.05, 3.63) is 22.5 Å². The van der Waals surface area contributed by atoms with Crippen LogP contribution in [0.2, 0.25) is 0 Å². The lowest BCUT2D eigenvalue weighted by molar-refractivity contribution is -0.156. The lowest BCUT2D eigenvalue weighted by Crippen LogP contribution is -2.61. The molecule has 3 aliphatic rings. The molecule has 28 heavy (non-hydrogen) atoms. The molecular formula is C20H25BrN4O3. The van der Waals surface area contributed by atoms with E-state index in [1.807, 2.05) is 6.07 Å². The van der Waals surface area contributed by atoms with E-state index >= 15 is 0 Å². The van der Waals surface area contributed by atoms with Crippen molar-refractivity contribution in [3.8, 4) is 6.07 Å². The normalized spacial score (nSPS) is 26.7. The fourth-order valence-corrected chi connectivity index (χ4v) is 4.83. The zero-order chi connectivity index (χ0) is 19.8. The Balaban J connectivity index is 1.46. The molecule has 2 aliphatic heterocycles. The number of nitriles is 1. The number of anilines is 1. The molecule has 7 nitrogen and oxygen atoms in total. The van der Waals surface area contributed by atoms with Gasteiger partial charge in [-0.15, -0.1) is 0 Å². The molecule has 2 aromatic rings. The van der Waals surface area contributed by atoms with Gasteiger partial charge in [0.2, 0.25) is 5.76 Å². The Labute approximate surface area is 173 Å². The number of hydrogen-bond donors (Lipinski definition) is 1. The summed E-state index contributed by atoms with van der Waals surface area (Å²) in [4.78, 5) is 6.82. The standard InChI is InChI=1S/C20H25BrN4O3/c1-25(7-8-26-2)12-20-5-3-19(4-6-20,13-27-20)24-18-17(21)15-9-14(10-22)28-16(15)11-23-18/h9,11H,3-8,12-13H2,1-2H3,(H,23,24). The maximum atomic E-state index is 9.06. The molecule has 0 amide bonds. The molecule has 0 unspecified atom stereocenters. The SMILES string of the molecule is COCCN(C)CC12CCC(Nc3ncc4oc(C#N)cc4c3Br)(CC1)CO2. The summed E-state index contributed by atoms with van der Waals surface area (Å²) in [5.41, 5.74) is 0.457. The van der Waals surface area contributed by atoms with Gasteiger partial charge < -0.3 is 24.1 Å². The van der Waals surface area contributed by atoms with Crippen LogP contribution in [-0.2, 0) is 9.47 Å². The Morgan fingerprint density at radius 3 is 2.82 bits per heavy atom. The van der Waals surface area contributed by atoms with Gasteiger partial charge >= 0.3 is 0 Å². The van der Waals surface area contributed by atoms with Gasteiger partial charge in [-0.2, -0.15) is 5.26 Å². The van der Waals surface area contributed by atoms with E-state index in [0.717, 1.165) is 61.1 Å². The second-order valence-corrected chi connectivity index (χ2v) is 8.82. The zero-order valence-electron chi connectivity index (χ0n) is 16.3. The van der Waals surface area contributed by atoms with Crippen LogP contribution >= 0.6 is 15.9 Å². The summed E-state index contributed by atoms with van der Waals surface area (Å²) in [7, 11) is 3.86. The number of halogens is 1. The van der Waals surface area contributed by atoms with E-state index < -0.39 is 0 Å². The Bertz CT molecular complexity index is 882. The van der Waals surface area contributed by atoms with Crippen LogP contribution in [0.5, 0.6) is 0 Å². The van der Waals surface area contributed by atoms with Crippen molar-refractivity contribution in [1.29, 1.82) is 5.26 Å². The van der Waals surface area contributed by atoms with Crippen LogP contribution in [0, 0.1) is 11.3 Å². The number of rotatable bonds is 7. The van der Waals surface area contributed by atoms with E-state index in [0.29, 0.717) is 12.2 Å².